The van der Waals surface area contributed by atoms with E-state index in [-0.39, 0.29) is 0 Å². The monoisotopic (exact) mass is 298 g/mol. The van der Waals surface area contributed by atoms with Gasteiger partial charge in [-0.1, -0.05) is 13.3 Å². The molecule has 0 unspecified atom stereocenters. The molecule has 3 aromatic rings. The summed E-state index contributed by atoms with van der Waals surface area (Å²) in [7, 11) is 0. The summed E-state index contributed by atoms with van der Waals surface area (Å²) < 4.78 is 2.11. The lowest BCUT2D eigenvalue weighted by atomic mass is 10.1. The molecule has 1 N–H and O–H groups in total. The topological polar surface area (TPSA) is 63.8 Å². The van der Waals surface area contributed by atoms with Gasteiger partial charge in [0.25, 0.3) is 0 Å². The van der Waals surface area contributed by atoms with Gasteiger partial charge in [-0.2, -0.15) is 0 Å². The molecule has 0 bridgehead atoms. The van der Waals surface area contributed by atoms with E-state index in [1.54, 1.807) is 12.4 Å². The van der Waals surface area contributed by atoms with Gasteiger partial charge in [-0.25, -0.2) is 4.98 Å². The highest BCUT2D eigenvalue weighted by Gasteiger charge is 2.20. The van der Waals surface area contributed by atoms with Crippen LogP contribution in [0, 0.1) is 0 Å². The molecule has 5 heteroatoms. The summed E-state index contributed by atoms with van der Waals surface area (Å²) in [6, 6.07) is 3.84. The van der Waals surface area contributed by atoms with E-state index in [2.05, 4.69) is 21.5 Å². The Morgan fingerprint density at radius 3 is 2.77 bits per heavy atom. The maximum Gasteiger partial charge on any atom is 0.115 e. The third kappa shape index (κ3) is 2.81. The van der Waals surface area contributed by atoms with Crippen LogP contribution in [0.25, 0.3) is 22.1 Å². The number of aliphatic hydroxyl groups is 1. The van der Waals surface area contributed by atoms with Crippen LogP contribution >= 0.6 is 0 Å². The number of aromatic nitrogens is 4. The first-order valence-electron chi connectivity index (χ1n) is 7.81. The van der Waals surface area contributed by atoms with Crippen LogP contribution in [-0.4, -0.2) is 30.2 Å². The molecule has 0 amide bonds. The molecule has 0 saturated carbocycles. The molecule has 0 atom stereocenters. The van der Waals surface area contributed by atoms with Gasteiger partial charge in [-0.3, -0.25) is 9.97 Å². The molecule has 3 aromatic heterocycles. The molecule has 5 nitrogen and oxygen atoms in total. The van der Waals surface area contributed by atoms with E-state index in [1.165, 1.54) is 0 Å². The second-order valence-electron chi connectivity index (χ2n) is 6.39. The first-order valence-corrected chi connectivity index (χ1v) is 7.81. The number of hydrogen-bond acceptors (Lipinski definition) is 4. The molecule has 0 fully saturated rings. The summed E-state index contributed by atoms with van der Waals surface area (Å²) in [5, 5.41) is 10.3. The van der Waals surface area contributed by atoms with Gasteiger partial charge in [0, 0.05) is 12.6 Å². The number of imidazole rings is 1. The maximum absolute atomic E-state index is 10.3. The van der Waals surface area contributed by atoms with Crippen molar-refractivity contribution in [2.24, 2.45) is 0 Å². The van der Waals surface area contributed by atoms with Gasteiger partial charge in [0.15, 0.2) is 0 Å². The summed E-state index contributed by atoms with van der Waals surface area (Å²) in [5.74, 6) is 0.999. The predicted molar refractivity (Wildman–Crippen MR) is 87.7 cm³/mol. The highest BCUT2D eigenvalue weighted by molar-refractivity contribution is 5.99. The lowest BCUT2D eigenvalue weighted by molar-refractivity contribution is 0.0618. The van der Waals surface area contributed by atoms with Crippen LogP contribution in [-0.2, 0) is 13.0 Å². The third-order valence-electron chi connectivity index (χ3n) is 3.71. The van der Waals surface area contributed by atoms with Crippen molar-refractivity contribution in [1.82, 2.24) is 19.5 Å². The summed E-state index contributed by atoms with van der Waals surface area (Å²) in [6.45, 7) is 6.30. The van der Waals surface area contributed by atoms with E-state index in [4.69, 9.17) is 4.98 Å². The lowest BCUT2D eigenvalue weighted by Gasteiger charge is -2.20. The first kappa shape index (κ1) is 14.9. The Bertz CT molecular complexity index is 801. The fourth-order valence-corrected chi connectivity index (χ4v) is 2.76. The zero-order valence-corrected chi connectivity index (χ0v) is 13.4. The molecule has 22 heavy (non-hydrogen) atoms. The number of fused-ring (bicyclic) bond motifs is 3. The van der Waals surface area contributed by atoms with Crippen molar-refractivity contribution in [1.29, 1.82) is 0 Å². The highest BCUT2D eigenvalue weighted by Crippen LogP contribution is 2.25. The fourth-order valence-electron chi connectivity index (χ4n) is 2.76. The number of nitrogens with zero attached hydrogens (tertiary/aromatic N) is 4. The minimum atomic E-state index is -0.807. The van der Waals surface area contributed by atoms with Crippen LogP contribution < -0.4 is 0 Å². The molecule has 0 aliphatic heterocycles. The first-order chi connectivity index (χ1) is 10.5. The van der Waals surface area contributed by atoms with Crippen LogP contribution in [0.4, 0.5) is 0 Å². The van der Waals surface area contributed by atoms with Crippen LogP contribution in [0.2, 0.25) is 0 Å². The van der Waals surface area contributed by atoms with Gasteiger partial charge >= 0.3 is 0 Å². The Morgan fingerprint density at radius 2 is 2.05 bits per heavy atom. The Kier molecular flexibility index (Phi) is 3.83. The largest absolute Gasteiger partial charge is 0.389 e. The van der Waals surface area contributed by atoms with Gasteiger partial charge in [-0.05, 0) is 32.4 Å². The van der Waals surface area contributed by atoms with Crippen molar-refractivity contribution in [2.45, 2.75) is 52.2 Å². The fraction of sp³-hybridized carbons (Fsp3) is 0.471. The molecular weight excluding hydrogens is 276 g/mol. The normalized spacial score (nSPS) is 12.4. The lowest BCUT2D eigenvalue weighted by Crippen LogP contribution is -2.27. The molecule has 0 aliphatic rings. The molecule has 0 aliphatic carbocycles. The van der Waals surface area contributed by atoms with Crippen LogP contribution in [0.1, 0.15) is 39.4 Å². The van der Waals surface area contributed by atoms with E-state index < -0.39 is 5.60 Å². The van der Waals surface area contributed by atoms with E-state index in [1.807, 2.05) is 26.0 Å². The molecular formula is C17H22N4O. The zero-order chi connectivity index (χ0) is 15.7. The quantitative estimate of drug-likeness (QED) is 0.786. The van der Waals surface area contributed by atoms with Gasteiger partial charge < -0.3 is 9.67 Å². The van der Waals surface area contributed by atoms with Crippen molar-refractivity contribution in [3.63, 3.8) is 0 Å². The Balaban J connectivity index is 2.26. The number of hydrogen-bond donors (Lipinski definition) is 1. The van der Waals surface area contributed by atoms with E-state index in [9.17, 15) is 5.11 Å². The SMILES string of the molecule is CCCCc1nc2cnc3cccnc3c2n1CC(C)(C)O. The second-order valence-corrected chi connectivity index (χ2v) is 6.39. The summed E-state index contributed by atoms with van der Waals surface area (Å²) in [4.78, 5) is 13.7. The minimum absolute atomic E-state index is 0.498. The van der Waals surface area contributed by atoms with Crippen molar-refractivity contribution < 1.29 is 5.11 Å². The summed E-state index contributed by atoms with van der Waals surface area (Å²) >= 11 is 0. The standard InChI is InChI=1S/C17H22N4O/c1-4-5-8-14-20-13-10-19-12-7-6-9-18-15(12)16(13)21(14)11-17(2,3)22/h6-7,9-10,22H,4-5,8,11H2,1-3H3. The number of unbranched alkanes of at least 4 members (excludes halogenated alkanes) is 1. The van der Waals surface area contributed by atoms with Crippen molar-refractivity contribution >= 4 is 22.1 Å². The smallest absolute Gasteiger partial charge is 0.115 e. The van der Waals surface area contributed by atoms with Gasteiger partial charge in [0.1, 0.15) is 16.9 Å². The molecule has 0 spiro atoms. The minimum Gasteiger partial charge on any atom is -0.389 e. The van der Waals surface area contributed by atoms with Crippen molar-refractivity contribution in [3.8, 4) is 0 Å². The van der Waals surface area contributed by atoms with E-state index in [0.717, 1.165) is 47.2 Å². The molecule has 0 radical (unpaired) electrons. The molecule has 0 saturated heterocycles. The Labute approximate surface area is 130 Å². The summed E-state index contributed by atoms with van der Waals surface area (Å²) in [6.07, 6.45) is 6.67. The Hall–Kier alpha value is -2.01. The van der Waals surface area contributed by atoms with E-state index in [0.29, 0.717) is 6.54 Å². The van der Waals surface area contributed by atoms with Crippen LogP contribution in [0.15, 0.2) is 24.5 Å². The average Bonchev–Trinajstić information content (AvgIpc) is 2.81. The Morgan fingerprint density at radius 1 is 1.23 bits per heavy atom. The third-order valence-corrected chi connectivity index (χ3v) is 3.71. The highest BCUT2D eigenvalue weighted by atomic mass is 16.3. The number of rotatable bonds is 5. The van der Waals surface area contributed by atoms with E-state index >= 15 is 0 Å². The summed E-state index contributed by atoms with van der Waals surface area (Å²) in [5.41, 5.74) is 2.72. The van der Waals surface area contributed by atoms with Crippen molar-refractivity contribution in [2.75, 3.05) is 0 Å². The zero-order valence-electron chi connectivity index (χ0n) is 13.4. The molecule has 0 aromatic carbocycles. The average molecular weight is 298 g/mol. The van der Waals surface area contributed by atoms with Crippen LogP contribution in [0.5, 0.6) is 0 Å². The molecule has 3 rings (SSSR count). The molecule has 116 valence electrons. The van der Waals surface area contributed by atoms with Gasteiger partial charge in [0.2, 0.25) is 0 Å². The van der Waals surface area contributed by atoms with Gasteiger partial charge in [0.05, 0.1) is 29.4 Å². The van der Waals surface area contributed by atoms with Gasteiger partial charge in [-0.15, -0.1) is 0 Å². The predicted octanol–water partition coefficient (Wildman–Crippen LogP) is 3.09. The number of pyridine rings is 2. The van der Waals surface area contributed by atoms with Crippen LogP contribution in [0.3, 0.4) is 0 Å². The second kappa shape index (κ2) is 5.65. The van der Waals surface area contributed by atoms with Crippen molar-refractivity contribution in [3.05, 3.63) is 30.4 Å². The molecule has 3 heterocycles. The number of aryl methyl sites for hydroxylation is 1. The maximum atomic E-state index is 10.3.